The minimum atomic E-state index is -0.101. The quantitative estimate of drug-likeness (QED) is 0.765. The van der Waals surface area contributed by atoms with Crippen LogP contribution in [0.15, 0.2) is 5.38 Å². The average molecular weight is 199 g/mol. The molecule has 1 amide bonds. The van der Waals surface area contributed by atoms with Crippen molar-refractivity contribution in [1.82, 2.24) is 5.32 Å². The van der Waals surface area contributed by atoms with Crippen molar-refractivity contribution in [1.29, 1.82) is 0 Å². The zero-order valence-corrected chi connectivity index (χ0v) is 8.57. The minimum absolute atomic E-state index is 0.0199. The summed E-state index contributed by atoms with van der Waals surface area (Å²) in [4.78, 5) is 12.6. The predicted octanol–water partition coefficient (Wildman–Crippen LogP) is 1.09. The van der Waals surface area contributed by atoms with Gasteiger partial charge in [-0.05, 0) is 19.4 Å². The van der Waals surface area contributed by atoms with E-state index in [9.17, 15) is 4.79 Å². The first-order valence-corrected chi connectivity index (χ1v) is 4.98. The number of carbonyl (C=O) groups excluding carboxylic acids is 1. The number of aliphatic hydroxyl groups excluding tert-OH is 1. The Morgan fingerprint density at radius 3 is 2.77 bits per heavy atom. The molecule has 0 aliphatic rings. The highest BCUT2D eigenvalue weighted by Crippen LogP contribution is 2.19. The highest BCUT2D eigenvalue weighted by molar-refractivity contribution is 7.10. The monoisotopic (exact) mass is 199 g/mol. The van der Waals surface area contributed by atoms with Gasteiger partial charge in [0.15, 0.2) is 0 Å². The molecule has 13 heavy (non-hydrogen) atoms. The van der Waals surface area contributed by atoms with E-state index in [0.717, 1.165) is 16.0 Å². The van der Waals surface area contributed by atoms with Gasteiger partial charge in [-0.25, -0.2) is 0 Å². The lowest BCUT2D eigenvalue weighted by Gasteiger charge is -2.01. The highest BCUT2D eigenvalue weighted by Gasteiger charge is 2.10. The van der Waals surface area contributed by atoms with Gasteiger partial charge in [0.1, 0.15) is 0 Å². The molecule has 0 saturated carbocycles. The second kappa shape index (κ2) is 4.39. The van der Waals surface area contributed by atoms with Crippen molar-refractivity contribution in [3.8, 4) is 0 Å². The van der Waals surface area contributed by atoms with Crippen molar-refractivity contribution in [3.63, 3.8) is 0 Å². The summed E-state index contributed by atoms with van der Waals surface area (Å²) in [6.07, 6.45) is 0. The molecule has 0 saturated heterocycles. The first kappa shape index (κ1) is 10.2. The molecule has 0 atom stereocenters. The molecule has 0 aliphatic heterocycles. The first-order chi connectivity index (χ1) is 6.16. The number of amides is 1. The van der Waals surface area contributed by atoms with E-state index in [4.69, 9.17) is 5.11 Å². The fraction of sp³-hybridized carbons (Fsp3) is 0.444. The summed E-state index contributed by atoms with van der Waals surface area (Å²) >= 11 is 1.57. The molecular weight excluding hydrogens is 186 g/mol. The molecule has 72 valence electrons. The smallest absolute Gasteiger partial charge is 0.252 e. The number of carbonyl (C=O) groups is 1. The lowest BCUT2D eigenvalue weighted by molar-refractivity contribution is 0.0944. The molecule has 0 spiro atoms. The van der Waals surface area contributed by atoms with Gasteiger partial charge in [-0.1, -0.05) is 0 Å². The Morgan fingerprint density at radius 2 is 2.31 bits per heavy atom. The van der Waals surface area contributed by atoms with Gasteiger partial charge in [-0.15, -0.1) is 11.3 Å². The molecule has 4 heteroatoms. The van der Waals surface area contributed by atoms with Crippen molar-refractivity contribution in [3.05, 3.63) is 21.4 Å². The van der Waals surface area contributed by atoms with Crippen molar-refractivity contribution in [2.75, 3.05) is 13.2 Å². The van der Waals surface area contributed by atoms with Crippen LogP contribution in [0.4, 0.5) is 0 Å². The molecule has 0 aliphatic carbocycles. The summed E-state index contributed by atoms with van der Waals surface area (Å²) in [5.41, 5.74) is 1.75. The third-order valence-corrected chi connectivity index (χ3v) is 2.94. The third kappa shape index (κ3) is 2.29. The summed E-state index contributed by atoms with van der Waals surface area (Å²) in [5, 5.41) is 13.0. The third-order valence-electron chi connectivity index (χ3n) is 1.93. The maximum absolute atomic E-state index is 11.4. The summed E-state index contributed by atoms with van der Waals surface area (Å²) in [5.74, 6) is -0.101. The topological polar surface area (TPSA) is 49.3 Å². The van der Waals surface area contributed by atoms with E-state index < -0.39 is 0 Å². The number of thiophene rings is 1. The summed E-state index contributed by atoms with van der Waals surface area (Å²) in [6.45, 7) is 4.21. The van der Waals surface area contributed by atoms with Gasteiger partial charge >= 0.3 is 0 Å². The highest BCUT2D eigenvalue weighted by atomic mass is 32.1. The van der Waals surface area contributed by atoms with E-state index in [1.165, 1.54) is 0 Å². The van der Waals surface area contributed by atoms with Crippen molar-refractivity contribution >= 4 is 17.2 Å². The van der Waals surface area contributed by atoms with Crippen molar-refractivity contribution in [2.45, 2.75) is 13.8 Å². The number of rotatable bonds is 3. The van der Waals surface area contributed by atoms with E-state index in [1.54, 1.807) is 11.3 Å². The predicted molar refractivity (Wildman–Crippen MR) is 53.2 cm³/mol. The molecule has 1 aromatic heterocycles. The van der Waals surface area contributed by atoms with Gasteiger partial charge in [0.2, 0.25) is 0 Å². The summed E-state index contributed by atoms with van der Waals surface area (Å²) in [6, 6.07) is 0. The SMILES string of the molecule is Cc1scc(C(=O)NCCO)c1C. The molecule has 0 bridgehead atoms. The number of aliphatic hydroxyl groups is 1. The largest absolute Gasteiger partial charge is 0.395 e. The maximum atomic E-state index is 11.4. The van der Waals surface area contributed by atoms with Crippen molar-refractivity contribution < 1.29 is 9.90 Å². The van der Waals surface area contributed by atoms with Crippen LogP contribution in [-0.4, -0.2) is 24.2 Å². The van der Waals surface area contributed by atoms with Crippen LogP contribution in [-0.2, 0) is 0 Å². The molecule has 0 unspecified atom stereocenters. The number of aryl methyl sites for hydroxylation is 1. The normalized spacial score (nSPS) is 10.1. The van der Waals surface area contributed by atoms with Crippen LogP contribution in [0.3, 0.4) is 0 Å². The van der Waals surface area contributed by atoms with E-state index in [-0.39, 0.29) is 12.5 Å². The summed E-state index contributed by atoms with van der Waals surface area (Å²) < 4.78 is 0. The van der Waals surface area contributed by atoms with Gasteiger partial charge in [0, 0.05) is 16.8 Å². The Labute approximate surface area is 81.4 Å². The van der Waals surface area contributed by atoms with Crippen LogP contribution >= 0.6 is 11.3 Å². The van der Waals surface area contributed by atoms with Gasteiger partial charge in [0.25, 0.3) is 5.91 Å². The zero-order valence-electron chi connectivity index (χ0n) is 7.76. The average Bonchev–Trinajstić information content (AvgIpc) is 2.44. The molecular formula is C9H13NO2S. The van der Waals surface area contributed by atoms with Crippen LogP contribution in [0.1, 0.15) is 20.8 Å². The second-order valence-corrected chi connectivity index (χ2v) is 3.89. The van der Waals surface area contributed by atoms with Gasteiger partial charge in [-0.2, -0.15) is 0 Å². The minimum Gasteiger partial charge on any atom is -0.395 e. The Morgan fingerprint density at radius 1 is 1.62 bits per heavy atom. The molecule has 1 heterocycles. The Kier molecular flexibility index (Phi) is 3.45. The fourth-order valence-electron chi connectivity index (χ4n) is 1.00. The molecule has 0 radical (unpaired) electrons. The lowest BCUT2D eigenvalue weighted by atomic mass is 10.2. The van der Waals surface area contributed by atoms with E-state index >= 15 is 0 Å². The van der Waals surface area contributed by atoms with Gasteiger partial charge in [0.05, 0.1) is 12.2 Å². The number of hydrogen-bond acceptors (Lipinski definition) is 3. The first-order valence-electron chi connectivity index (χ1n) is 4.10. The molecule has 2 N–H and O–H groups in total. The van der Waals surface area contributed by atoms with Gasteiger partial charge < -0.3 is 10.4 Å². The van der Waals surface area contributed by atoms with Crippen LogP contribution in [0.2, 0.25) is 0 Å². The zero-order chi connectivity index (χ0) is 9.84. The van der Waals surface area contributed by atoms with Crippen LogP contribution in [0, 0.1) is 13.8 Å². The maximum Gasteiger partial charge on any atom is 0.252 e. The Balaban J connectivity index is 2.71. The van der Waals surface area contributed by atoms with Crippen LogP contribution in [0.25, 0.3) is 0 Å². The van der Waals surface area contributed by atoms with E-state index in [0.29, 0.717) is 6.54 Å². The Bertz CT molecular complexity index is 307. The number of hydrogen-bond donors (Lipinski definition) is 2. The molecule has 3 nitrogen and oxygen atoms in total. The van der Waals surface area contributed by atoms with Crippen LogP contribution in [0.5, 0.6) is 0 Å². The summed E-state index contributed by atoms with van der Waals surface area (Å²) in [7, 11) is 0. The van der Waals surface area contributed by atoms with E-state index in [1.807, 2.05) is 19.2 Å². The number of nitrogens with one attached hydrogen (secondary N) is 1. The molecule has 1 aromatic rings. The second-order valence-electron chi connectivity index (χ2n) is 2.81. The van der Waals surface area contributed by atoms with Crippen molar-refractivity contribution in [2.24, 2.45) is 0 Å². The molecule has 1 rings (SSSR count). The lowest BCUT2D eigenvalue weighted by Crippen LogP contribution is -2.26. The molecule has 0 aromatic carbocycles. The molecule has 0 fully saturated rings. The Hall–Kier alpha value is -0.870. The standard InChI is InChI=1S/C9H13NO2S/c1-6-7(2)13-5-8(6)9(12)10-3-4-11/h5,11H,3-4H2,1-2H3,(H,10,12). The fourth-order valence-corrected chi connectivity index (χ4v) is 1.87. The van der Waals surface area contributed by atoms with Gasteiger partial charge in [-0.3, -0.25) is 4.79 Å². The van der Waals surface area contributed by atoms with Crippen LogP contribution < -0.4 is 5.32 Å². The van der Waals surface area contributed by atoms with E-state index in [2.05, 4.69) is 5.32 Å².